The van der Waals surface area contributed by atoms with Crippen molar-refractivity contribution >= 4 is 6.09 Å². The summed E-state index contributed by atoms with van der Waals surface area (Å²) in [6.07, 6.45) is -0.343. The number of rotatable bonds is 6. The van der Waals surface area contributed by atoms with E-state index in [0.717, 1.165) is 0 Å². The van der Waals surface area contributed by atoms with Crippen LogP contribution in [0.25, 0.3) is 0 Å². The van der Waals surface area contributed by atoms with Crippen LogP contribution in [0.15, 0.2) is 0 Å². The number of amides is 1. The Kier molecular flexibility index (Phi) is 6.26. The van der Waals surface area contributed by atoms with E-state index in [1.54, 1.807) is 14.2 Å². The Balaban J connectivity index is 3.59. The number of methoxy groups -OCH3 is 2. The van der Waals surface area contributed by atoms with Gasteiger partial charge in [0.15, 0.2) is 6.29 Å². The number of hydrogen-bond donors (Lipinski definition) is 1. The molecule has 0 aromatic carbocycles. The van der Waals surface area contributed by atoms with Crippen LogP contribution in [0.1, 0.15) is 13.3 Å². The fourth-order valence-electron chi connectivity index (χ4n) is 0.910. The molecule has 0 aliphatic heterocycles. The predicted molar refractivity (Wildman–Crippen MR) is 47.1 cm³/mol. The van der Waals surface area contributed by atoms with E-state index in [2.05, 4.69) is 4.74 Å². The Morgan fingerprint density at radius 3 is 2.31 bits per heavy atom. The molecule has 0 aliphatic rings. The van der Waals surface area contributed by atoms with Gasteiger partial charge >= 0.3 is 6.09 Å². The van der Waals surface area contributed by atoms with Gasteiger partial charge in [0.25, 0.3) is 0 Å². The normalized spacial score (nSPS) is 12.9. The Labute approximate surface area is 78.1 Å². The number of primary amides is 1. The lowest BCUT2D eigenvalue weighted by atomic mass is 10.1. The monoisotopic (exact) mass is 191 g/mol. The molecular formula is C8H17NO4. The highest BCUT2D eigenvalue weighted by Crippen LogP contribution is 2.09. The summed E-state index contributed by atoms with van der Waals surface area (Å²) in [4.78, 5) is 10.3. The third-order valence-electron chi connectivity index (χ3n) is 1.63. The molecule has 5 nitrogen and oxygen atoms in total. The molecule has 78 valence electrons. The van der Waals surface area contributed by atoms with E-state index in [1.807, 2.05) is 6.92 Å². The van der Waals surface area contributed by atoms with Gasteiger partial charge < -0.3 is 19.9 Å². The highest BCUT2D eigenvalue weighted by Gasteiger charge is 2.12. The lowest BCUT2D eigenvalue weighted by Crippen LogP contribution is -2.22. The molecule has 0 bridgehead atoms. The molecule has 0 saturated carbocycles. The fourth-order valence-corrected chi connectivity index (χ4v) is 0.910. The van der Waals surface area contributed by atoms with E-state index in [1.165, 1.54) is 0 Å². The first-order valence-corrected chi connectivity index (χ1v) is 4.08. The maximum atomic E-state index is 10.3. The van der Waals surface area contributed by atoms with E-state index in [-0.39, 0.29) is 12.2 Å². The van der Waals surface area contributed by atoms with Crippen LogP contribution in [0.5, 0.6) is 0 Å². The quantitative estimate of drug-likeness (QED) is 0.628. The summed E-state index contributed by atoms with van der Waals surface area (Å²) in [6, 6.07) is 0. The fraction of sp³-hybridized carbons (Fsp3) is 0.875. The van der Waals surface area contributed by atoms with Crippen LogP contribution in [0.2, 0.25) is 0 Å². The third kappa shape index (κ3) is 6.36. The second-order valence-electron chi connectivity index (χ2n) is 2.87. The Morgan fingerprint density at radius 2 is 1.92 bits per heavy atom. The first-order chi connectivity index (χ1) is 6.10. The van der Waals surface area contributed by atoms with Crippen molar-refractivity contribution in [1.29, 1.82) is 0 Å². The number of carbonyl (C=O) groups excluding carboxylic acids is 1. The predicted octanol–water partition coefficient (Wildman–Crippen LogP) is 0.727. The minimum Gasteiger partial charge on any atom is -0.449 e. The van der Waals surface area contributed by atoms with Crippen LogP contribution < -0.4 is 5.73 Å². The van der Waals surface area contributed by atoms with E-state index in [4.69, 9.17) is 15.2 Å². The minimum atomic E-state index is -0.752. The molecular weight excluding hydrogens is 174 g/mol. The summed E-state index contributed by atoms with van der Waals surface area (Å²) in [6.45, 7) is 2.21. The van der Waals surface area contributed by atoms with Gasteiger partial charge in [0, 0.05) is 20.6 Å². The number of hydrogen-bond acceptors (Lipinski definition) is 4. The maximum Gasteiger partial charge on any atom is 0.404 e. The highest BCUT2D eigenvalue weighted by molar-refractivity contribution is 5.64. The Bertz CT molecular complexity index is 147. The van der Waals surface area contributed by atoms with Gasteiger partial charge in [-0.05, 0) is 5.92 Å². The van der Waals surface area contributed by atoms with Crippen LogP contribution in [-0.4, -0.2) is 33.2 Å². The van der Waals surface area contributed by atoms with Crippen molar-refractivity contribution in [2.75, 3.05) is 20.8 Å². The molecule has 0 fully saturated rings. The summed E-state index contributed by atoms with van der Waals surface area (Å²) in [5.74, 6) is 0.164. The molecule has 2 N–H and O–H groups in total. The molecule has 0 aromatic rings. The van der Waals surface area contributed by atoms with Crippen molar-refractivity contribution < 1.29 is 19.0 Å². The smallest absolute Gasteiger partial charge is 0.404 e. The Morgan fingerprint density at radius 1 is 1.38 bits per heavy atom. The van der Waals surface area contributed by atoms with Crippen molar-refractivity contribution in [3.05, 3.63) is 0 Å². The lowest BCUT2D eigenvalue weighted by Gasteiger charge is -2.17. The van der Waals surface area contributed by atoms with Crippen molar-refractivity contribution in [1.82, 2.24) is 0 Å². The van der Waals surface area contributed by atoms with E-state index in [0.29, 0.717) is 13.0 Å². The molecule has 0 rings (SSSR count). The molecule has 0 aromatic heterocycles. The summed E-state index contributed by atoms with van der Waals surface area (Å²) in [5, 5.41) is 0. The molecule has 13 heavy (non-hydrogen) atoms. The van der Waals surface area contributed by atoms with Crippen molar-refractivity contribution in [2.24, 2.45) is 11.7 Å². The number of ether oxygens (including phenoxy) is 3. The average molecular weight is 191 g/mol. The second kappa shape index (κ2) is 6.68. The molecule has 5 heteroatoms. The summed E-state index contributed by atoms with van der Waals surface area (Å²) in [7, 11) is 3.13. The van der Waals surface area contributed by atoms with Crippen LogP contribution >= 0.6 is 0 Å². The van der Waals surface area contributed by atoms with Crippen LogP contribution in [-0.2, 0) is 14.2 Å². The van der Waals surface area contributed by atoms with Gasteiger partial charge in [0.2, 0.25) is 0 Å². The molecule has 0 heterocycles. The SMILES string of the molecule is COC(CC(C)COC(N)=O)OC. The standard InChI is InChI=1S/C8H17NO4/c1-6(5-13-8(9)10)4-7(11-2)12-3/h6-7H,4-5H2,1-3H3,(H2,9,10). The second-order valence-corrected chi connectivity index (χ2v) is 2.87. The molecule has 0 radical (unpaired) electrons. The van der Waals surface area contributed by atoms with E-state index < -0.39 is 6.09 Å². The van der Waals surface area contributed by atoms with Crippen molar-refractivity contribution in [3.63, 3.8) is 0 Å². The van der Waals surface area contributed by atoms with Crippen molar-refractivity contribution in [2.45, 2.75) is 19.6 Å². The van der Waals surface area contributed by atoms with Gasteiger partial charge in [0.05, 0.1) is 6.61 Å². The van der Waals surface area contributed by atoms with Crippen LogP contribution in [0.4, 0.5) is 4.79 Å². The van der Waals surface area contributed by atoms with E-state index >= 15 is 0 Å². The van der Waals surface area contributed by atoms with Crippen LogP contribution in [0.3, 0.4) is 0 Å². The van der Waals surface area contributed by atoms with Gasteiger partial charge in [-0.1, -0.05) is 6.92 Å². The third-order valence-corrected chi connectivity index (χ3v) is 1.63. The summed E-state index contributed by atoms with van der Waals surface area (Å²) in [5.41, 5.74) is 4.81. The number of carbonyl (C=O) groups is 1. The molecule has 0 spiro atoms. The first-order valence-electron chi connectivity index (χ1n) is 4.08. The molecule has 0 saturated heterocycles. The molecule has 0 aliphatic carbocycles. The zero-order valence-electron chi connectivity index (χ0n) is 8.28. The topological polar surface area (TPSA) is 70.8 Å². The van der Waals surface area contributed by atoms with Gasteiger partial charge in [-0.2, -0.15) is 0 Å². The van der Waals surface area contributed by atoms with Gasteiger partial charge in [-0.15, -0.1) is 0 Å². The van der Waals surface area contributed by atoms with Gasteiger partial charge in [-0.3, -0.25) is 0 Å². The largest absolute Gasteiger partial charge is 0.449 e. The minimum absolute atomic E-state index is 0.164. The maximum absolute atomic E-state index is 10.3. The summed E-state index contributed by atoms with van der Waals surface area (Å²) < 4.78 is 14.6. The highest BCUT2D eigenvalue weighted by atomic mass is 16.7. The van der Waals surface area contributed by atoms with E-state index in [9.17, 15) is 4.79 Å². The van der Waals surface area contributed by atoms with Gasteiger partial charge in [-0.25, -0.2) is 4.79 Å². The average Bonchev–Trinajstić information content (AvgIpc) is 2.10. The van der Waals surface area contributed by atoms with Crippen LogP contribution in [0, 0.1) is 5.92 Å². The zero-order chi connectivity index (χ0) is 10.3. The molecule has 1 amide bonds. The first kappa shape index (κ1) is 12.2. The summed E-state index contributed by atoms with van der Waals surface area (Å²) >= 11 is 0. The van der Waals surface area contributed by atoms with Gasteiger partial charge in [0.1, 0.15) is 0 Å². The Hall–Kier alpha value is -0.810. The van der Waals surface area contributed by atoms with Crippen molar-refractivity contribution in [3.8, 4) is 0 Å². The number of nitrogens with two attached hydrogens (primary N) is 1. The molecule has 1 unspecified atom stereocenters. The molecule has 1 atom stereocenters. The zero-order valence-corrected chi connectivity index (χ0v) is 8.28. The lowest BCUT2D eigenvalue weighted by molar-refractivity contribution is -0.115.